The zero-order valence-corrected chi connectivity index (χ0v) is 12.9. The lowest BCUT2D eigenvalue weighted by Crippen LogP contribution is -2.46. The van der Waals surface area contributed by atoms with Crippen molar-refractivity contribution in [1.82, 2.24) is 4.90 Å². The maximum absolute atomic E-state index is 5.84. The van der Waals surface area contributed by atoms with Crippen LogP contribution in [-0.2, 0) is 0 Å². The second-order valence-electron chi connectivity index (χ2n) is 6.94. The van der Waals surface area contributed by atoms with Crippen LogP contribution in [0.2, 0.25) is 0 Å². The molecule has 0 amide bonds. The van der Waals surface area contributed by atoms with Gasteiger partial charge in [0.1, 0.15) is 0 Å². The Kier molecular flexibility index (Phi) is 3.64. The standard InChI is InChI=1S/C18H27N3/c19-10-8-14-13-21(16-6-2-1-5-15(14)16)18-9-12-20-11-4-3-7-17(18)20/h1-2,5-6,14,17-18H,3-4,7-13,19H2. The van der Waals surface area contributed by atoms with Gasteiger partial charge in [0.05, 0.1) is 0 Å². The van der Waals surface area contributed by atoms with Gasteiger partial charge in [-0.2, -0.15) is 0 Å². The van der Waals surface area contributed by atoms with Gasteiger partial charge in [0.15, 0.2) is 0 Å². The van der Waals surface area contributed by atoms with E-state index < -0.39 is 0 Å². The summed E-state index contributed by atoms with van der Waals surface area (Å²) in [5.41, 5.74) is 8.88. The summed E-state index contributed by atoms with van der Waals surface area (Å²) in [7, 11) is 0. The van der Waals surface area contributed by atoms with E-state index in [1.165, 1.54) is 56.6 Å². The minimum atomic E-state index is 0.642. The molecule has 2 fully saturated rings. The fourth-order valence-electron chi connectivity index (χ4n) is 4.87. The average Bonchev–Trinajstić information content (AvgIpc) is 3.10. The second-order valence-corrected chi connectivity index (χ2v) is 6.94. The summed E-state index contributed by atoms with van der Waals surface area (Å²) in [6, 6.07) is 10.6. The van der Waals surface area contributed by atoms with Crippen molar-refractivity contribution in [2.24, 2.45) is 5.73 Å². The number of hydrogen-bond donors (Lipinski definition) is 1. The maximum atomic E-state index is 5.84. The topological polar surface area (TPSA) is 32.5 Å². The van der Waals surface area contributed by atoms with Crippen LogP contribution in [0.15, 0.2) is 24.3 Å². The molecule has 0 spiro atoms. The van der Waals surface area contributed by atoms with Gasteiger partial charge in [-0.15, -0.1) is 0 Å². The molecule has 3 heterocycles. The van der Waals surface area contributed by atoms with E-state index in [-0.39, 0.29) is 0 Å². The fraction of sp³-hybridized carbons (Fsp3) is 0.667. The maximum Gasteiger partial charge on any atom is 0.0457 e. The van der Waals surface area contributed by atoms with Crippen molar-refractivity contribution in [3.63, 3.8) is 0 Å². The number of fused-ring (bicyclic) bond motifs is 2. The van der Waals surface area contributed by atoms with Crippen LogP contribution in [-0.4, -0.2) is 43.2 Å². The summed E-state index contributed by atoms with van der Waals surface area (Å²) in [5.74, 6) is 0.642. The lowest BCUT2D eigenvalue weighted by Gasteiger charge is -2.37. The molecule has 3 unspecified atom stereocenters. The Morgan fingerprint density at radius 1 is 1.05 bits per heavy atom. The Bertz CT molecular complexity index is 501. The van der Waals surface area contributed by atoms with Crippen molar-refractivity contribution in [3.05, 3.63) is 29.8 Å². The predicted octanol–water partition coefficient (Wildman–Crippen LogP) is 2.57. The summed E-state index contributed by atoms with van der Waals surface area (Å²) in [6.45, 7) is 4.61. The van der Waals surface area contributed by atoms with Crippen molar-refractivity contribution in [2.45, 2.75) is 50.1 Å². The van der Waals surface area contributed by atoms with E-state index in [0.717, 1.165) is 25.0 Å². The van der Waals surface area contributed by atoms with Gasteiger partial charge in [0, 0.05) is 36.8 Å². The van der Waals surface area contributed by atoms with Gasteiger partial charge in [-0.25, -0.2) is 0 Å². The van der Waals surface area contributed by atoms with E-state index in [1.54, 1.807) is 0 Å². The van der Waals surface area contributed by atoms with Gasteiger partial charge >= 0.3 is 0 Å². The first kappa shape index (κ1) is 13.6. The zero-order chi connectivity index (χ0) is 14.2. The number of hydrogen-bond acceptors (Lipinski definition) is 3. The molecule has 0 aliphatic carbocycles. The van der Waals surface area contributed by atoms with Gasteiger partial charge in [0.2, 0.25) is 0 Å². The Hall–Kier alpha value is -1.06. The first-order valence-corrected chi connectivity index (χ1v) is 8.68. The smallest absolute Gasteiger partial charge is 0.0457 e. The molecule has 1 aromatic carbocycles. The lowest BCUT2D eigenvalue weighted by molar-refractivity contribution is 0.187. The number of rotatable bonds is 3. The average molecular weight is 285 g/mol. The van der Waals surface area contributed by atoms with E-state index in [4.69, 9.17) is 5.73 Å². The lowest BCUT2D eigenvalue weighted by atomic mass is 9.97. The van der Waals surface area contributed by atoms with Crippen LogP contribution in [0.3, 0.4) is 0 Å². The van der Waals surface area contributed by atoms with Gasteiger partial charge in [-0.1, -0.05) is 24.6 Å². The van der Waals surface area contributed by atoms with Crippen LogP contribution in [0.5, 0.6) is 0 Å². The van der Waals surface area contributed by atoms with Crippen LogP contribution in [0.4, 0.5) is 5.69 Å². The first-order valence-electron chi connectivity index (χ1n) is 8.68. The van der Waals surface area contributed by atoms with E-state index in [0.29, 0.717) is 5.92 Å². The summed E-state index contributed by atoms with van der Waals surface area (Å²) >= 11 is 0. The largest absolute Gasteiger partial charge is 0.366 e. The molecule has 2 N–H and O–H groups in total. The van der Waals surface area contributed by atoms with Crippen molar-refractivity contribution in [1.29, 1.82) is 0 Å². The third-order valence-corrected chi connectivity index (χ3v) is 5.84. The highest BCUT2D eigenvalue weighted by Crippen LogP contribution is 2.42. The molecule has 3 nitrogen and oxygen atoms in total. The number of para-hydroxylation sites is 1. The van der Waals surface area contributed by atoms with Gasteiger partial charge in [-0.05, 0) is 50.4 Å². The van der Waals surface area contributed by atoms with Crippen LogP contribution in [0, 0.1) is 0 Å². The molecule has 3 aliphatic heterocycles. The van der Waals surface area contributed by atoms with Gasteiger partial charge in [-0.3, -0.25) is 4.90 Å². The van der Waals surface area contributed by atoms with Crippen molar-refractivity contribution in [3.8, 4) is 0 Å². The van der Waals surface area contributed by atoms with Crippen molar-refractivity contribution < 1.29 is 0 Å². The molecule has 1 aromatic rings. The van der Waals surface area contributed by atoms with Crippen molar-refractivity contribution in [2.75, 3.05) is 31.1 Å². The molecule has 0 saturated carbocycles. The van der Waals surface area contributed by atoms with E-state index in [9.17, 15) is 0 Å². The molecule has 0 bridgehead atoms. The van der Waals surface area contributed by atoms with Crippen LogP contribution in [0.25, 0.3) is 0 Å². The molecule has 3 aliphatic rings. The first-order chi connectivity index (χ1) is 10.4. The Labute approximate surface area is 128 Å². The summed E-state index contributed by atoms with van der Waals surface area (Å²) in [4.78, 5) is 5.47. The highest BCUT2D eigenvalue weighted by atomic mass is 15.3. The third-order valence-electron chi connectivity index (χ3n) is 5.84. The minimum Gasteiger partial charge on any atom is -0.366 e. The quantitative estimate of drug-likeness (QED) is 0.926. The summed E-state index contributed by atoms with van der Waals surface area (Å²) in [6.07, 6.45) is 6.67. The summed E-state index contributed by atoms with van der Waals surface area (Å²) < 4.78 is 0. The van der Waals surface area contributed by atoms with Crippen LogP contribution in [0.1, 0.15) is 43.6 Å². The zero-order valence-electron chi connectivity index (χ0n) is 12.9. The molecule has 0 radical (unpaired) electrons. The molecular formula is C18H27N3. The second kappa shape index (κ2) is 5.62. The molecule has 3 heteroatoms. The van der Waals surface area contributed by atoms with E-state index in [2.05, 4.69) is 34.1 Å². The minimum absolute atomic E-state index is 0.642. The highest BCUT2D eigenvalue weighted by molar-refractivity contribution is 5.61. The normalized spacial score (nSPS) is 32.2. The Morgan fingerprint density at radius 2 is 1.95 bits per heavy atom. The number of benzene rings is 1. The van der Waals surface area contributed by atoms with Crippen LogP contribution >= 0.6 is 0 Å². The summed E-state index contributed by atoms with van der Waals surface area (Å²) in [5, 5.41) is 0. The monoisotopic (exact) mass is 285 g/mol. The van der Waals surface area contributed by atoms with Gasteiger partial charge < -0.3 is 10.6 Å². The molecule has 0 aromatic heterocycles. The van der Waals surface area contributed by atoms with Crippen LogP contribution < -0.4 is 10.6 Å². The Morgan fingerprint density at radius 3 is 2.86 bits per heavy atom. The van der Waals surface area contributed by atoms with E-state index in [1.807, 2.05) is 0 Å². The molecule has 114 valence electrons. The highest BCUT2D eigenvalue weighted by Gasteiger charge is 2.42. The third kappa shape index (κ3) is 2.27. The molecule has 4 rings (SSSR count). The predicted molar refractivity (Wildman–Crippen MR) is 87.8 cm³/mol. The number of piperidine rings is 1. The van der Waals surface area contributed by atoms with Crippen molar-refractivity contribution >= 4 is 5.69 Å². The van der Waals surface area contributed by atoms with E-state index >= 15 is 0 Å². The molecule has 3 atom stereocenters. The number of nitrogens with two attached hydrogens (primary N) is 1. The molecular weight excluding hydrogens is 258 g/mol. The number of nitrogens with zero attached hydrogens (tertiary/aromatic N) is 2. The fourth-order valence-corrected chi connectivity index (χ4v) is 4.87. The number of anilines is 1. The Balaban J connectivity index is 1.61. The molecule has 2 saturated heterocycles. The van der Waals surface area contributed by atoms with Gasteiger partial charge in [0.25, 0.3) is 0 Å². The molecule has 21 heavy (non-hydrogen) atoms. The SMILES string of the molecule is NCCC1CN(C2CCN3CCCCC23)c2ccccc21.